The number of amides is 1. The minimum Gasteiger partial charge on any atom is -0.351 e. The van der Waals surface area contributed by atoms with Crippen LogP contribution in [0.1, 0.15) is 29.8 Å². The molecule has 0 aliphatic carbocycles. The summed E-state index contributed by atoms with van der Waals surface area (Å²) >= 11 is 12.0. The molecule has 0 heterocycles. The maximum atomic E-state index is 11.9. The quantitative estimate of drug-likeness (QED) is 0.834. The molecule has 2 nitrogen and oxygen atoms in total. The van der Waals surface area contributed by atoms with Crippen LogP contribution in [0, 0.1) is 12.8 Å². The topological polar surface area (TPSA) is 29.1 Å². The van der Waals surface area contributed by atoms with E-state index >= 15 is 0 Å². The molecule has 0 saturated carbocycles. The van der Waals surface area contributed by atoms with Crippen molar-refractivity contribution in [2.24, 2.45) is 5.92 Å². The molecular weight excluding hydrogens is 257 g/mol. The molecule has 0 bridgehead atoms. The number of alkyl halides is 1. The van der Waals surface area contributed by atoms with Gasteiger partial charge in [0.1, 0.15) is 0 Å². The van der Waals surface area contributed by atoms with Crippen molar-refractivity contribution in [2.75, 3.05) is 6.54 Å². The largest absolute Gasteiger partial charge is 0.351 e. The molecule has 94 valence electrons. The molecule has 1 aromatic carbocycles. The van der Waals surface area contributed by atoms with Crippen LogP contribution in [0.4, 0.5) is 0 Å². The average Bonchev–Trinajstić information content (AvgIpc) is 2.29. The van der Waals surface area contributed by atoms with Crippen LogP contribution >= 0.6 is 23.2 Å². The van der Waals surface area contributed by atoms with E-state index in [1.807, 2.05) is 20.8 Å². The van der Waals surface area contributed by atoms with Crippen molar-refractivity contribution < 1.29 is 4.79 Å². The molecule has 0 spiro atoms. The van der Waals surface area contributed by atoms with Crippen LogP contribution in [-0.4, -0.2) is 17.8 Å². The highest BCUT2D eigenvalue weighted by atomic mass is 35.5. The van der Waals surface area contributed by atoms with Crippen LogP contribution < -0.4 is 5.32 Å². The highest BCUT2D eigenvalue weighted by Crippen LogP contribution is 2.18. The van der Waals surface area contributed by atoms with Crippen LogP contribution in [0.5, 0.6) is 0 Å². The summed E-state index contributed by atoms with van der Waals surface area (Å²) in [5.74, 6) is 0.203. The number of benzene rings is 1. The Balaban J connectivity index is 2.68. The zero-order valence-electron chi connectivity index (χ0n) is 10.3. The lowest BCUT2D eigenvalue weighted by atomic mass is 10.1. The summed E-state index contributed by atoms with van der Waals surface area (Å²) < 4.78 is 0. The van der Waals surface area contributed by atoms with Crippen molar-refractivity contribution in [3.63, 3.8) is 0 Å². The molecule has 1 atom stereocenters. The number of carbonyl (C=O) groups is 1. The minimum absolute atomic E-state index is 0.0570. The fraction of sp³-hybridized carbons (Fsp3) is 0.462. The Bertz CT molecular complexity index is 404. The molecule has 17 heavy (non-hydrogen) atoms. The Morgan fingerprint density at radius 2 is 2.06 bits per heavy atom. The first-order valence-corrected chi connectivity index (χ1v) is 6.42. The zero-order valence-corrected chi connectivity index (χ0v) is 11.8. The standard InChI is InChI=1S/C13H17Cl2NO/c1-8(2)12(15)7-16-13(17)10-5-4-6-11(14)9(10)3/h4-6,8,12H,7H2,1-3H3,(H,16,17). The van der Waals surface area contributed by atoms with Gasteiger partial charge in [-0.15, -0.1) is 11.6 Å². The van der Waals surface area contributed by atoms with Crippen LogP contribution in [0.2, 0.25) is 5.02 Å². The van der Waals surface area contributed by atoms with E-state index in [0.717, 1.165) is 5.56 Å². The van der Waals surface area contributed by atoms with Crippen molar-refractivity contribution in [3.05, 3.63) is 34.3 Å². The van der Waals surface area contributed by atoms with E-state index < -0.39 is 0 Å². The predicted octanol–water partition coefficient (Wildman–Crippen LogP) is 3.64. The normalized spacial score (nSPS) is 12.6. The molecule has 1 unspecified atom stereocenters. The van der Waals surface area contributed by atoms with E-state index in [9.17, 15) is 4.79 Å². The summed E-state index contributed by atoms with van der Waals surface area (Å²) in [6.07, 6.45) is 0. The van der Waals surface area contributed by atoms with Gasteiger partial charge in [0, 0.05) is 17.1 Å². The maximum absolute atomic E-state index is 11.9. The first-order valence-electron chi connectivity index (χ1n) is 5.61. The summed E-state index contributed by atoms with van der Waals surface area (Å²) in [5.41, 5.74) is 1.40. The molecule has 0 aromatic heterocycles. The van der Waals surface area contributed by atoms with Gasteiger partial charge >= 0.3 is 0 Å². The monoisotopic (exact) mass is 273 g/mol. The molecular formula is C13H17Cl2NO. The molecule has 0 aliphatic rings. The molecule has 1 amide bonds. The van der Waals surface area contributed by atoms with Gasteiger partial charge in [-0.3, -0.25) is 4.79 Å². The van der Waals surface area contributed by atoms with Gasteiger partial charge < -0.3 is 5.32 Å². The summed E-state index contributed by atoms with van der Waals surface area (Å²) in [6.45, 7) is 6.34. The lowest BCUT2D eigenvalue weighted by Gasteiger charge is -2.15. The van der Waals surface area contributed by atoms with Gasteiger partial charge in [-0.05, 0) is 30.5 Å². The van der Waals surface area contributed by atoms with E-state index in [0.29, 0.717) is 23.0 Å². The molecule has 0 fully saturated rings. The van der Waals surface area contributed by atoms with Crippen LogP contribution in [0.3, 0.4) is 0 Å². The SMILES string of the molecule is Cc1c(Cl)cccc1C(=O)NCC(Cl)C(C)C. The Labute approximate surface area is 112 Å². The van der Waals surface area contributed by atoms with E-state index in [4.69, 9.17) is 23.2 Å². The highest BCUT2D eigenvalue weighted by Gasteiger charge is 2.14. The summed E-state index contributed by atoms with van der Waals surface area (Å²) in [4.78, 5) is 11.9. The van der Waals surface area contributed by atoms with Crippen molar-refractivity contribution >= 4 is 29.1 Å². The number of halogens is 2. The Kier molecular flexibility index (Phi) is 5.29. The Morgan fingerprint density at radius 3 is 2.65 bits per heavy atom. The average molecular weight is 274 g/mol. The van der Waals surface area contributed by atoms with Crippen molar-refractivity contribution in [1.29, 1.82) is 0 Å². The molecule has 0 radical (unpaired) electrons. The highest BCUT2D eigenvalue weighted by molar-refractivity contribution is 6.31. The van der Waals surface area contributed by atoms with Gasteiger partial charge in [-0.25, -0.2) is 0 Å². The van der Waals surface area contributed by atoms with E-state index in [2.05, 4.69) is 5.32 Å². The third-order valence-corrected chi connectivity index (χ3v) is 3.76. The first-order chi connectivity index (χ1) is 7.93. The third-order valence-electron chi connectivity index (χ3n) is 2.69. The lowest BCUT2D eigenvalue weighted by molar-refractivity contribution is 0.0952. The van der Waals surface area contributed by atoms with E-state index in [1.165, 1.54) is 0 Å². The number of hydrogen-bond donors (Lipinski definition) is 1. The summed E-state index contributed by atoms with van der Waals surface area (Å²) in [6, 6.07) is 5.30. The molecule has 1 aromatic rings. The number of nitrogens with one attached hydrogen (secondary N) is 1. The smallest absolute Gasteiger partial charge is 0.251 e. The summed E-state index contributed by atoms with van der Waals surface area (Å²) in [7, 11) is 0. The van der Waals surface area contributed by atoms with Crippen molar-refractivity contribution in [3.8, 4) is 0 Å². The molecule has 4 heteroatoms. The Hall–Kier alpha value is -0.730. The fourth-order valence-corrected chi connectivity index (χ4v) is 1.63. The molecule has 1 rings (SSSR count). The van der Waals surface area contributed by atoms with Crippen molar-refractivity contribution in [2.45, 2.75) is 26.1 Å². The van der Waals surface area contributed by atoms with E-state index in [1.54, 1.807) is 18.2 Å². The third kappa shape index (κ3) is 3.90. The number of rotatable bonds is 4. The second-order valence-electron chi connectivity index (χ2n) is 4.38. The van der Waals surface area contributed by atoms with Crippen LogP contribution in [-0.2, 0) is 0 Å². The van der Waals surface area contributed by atoms with Gasteiger partial charge in [-0.1, -0.05) is 31.5 Å². The van der Waals surface area contributed by atoms with Gasteiger partial charge in [0.05, 0.1) is 5.38 Å². The predicted molar refractivity (Wildman–Crippen MR) is 73.0 cm³/mol. The molecule has 0 saturated heterocycles. The Morgan fingerprint density at radius 1 is 1.41 bits per heavy atom. The second kappa shape index (κ2) is 6.27. The lowest BCUT2D eigenvalue weighted by Crippen LogP contribution is -2.32. The molecule has 0 aliphatic heterocycles. The van der Waals surface area contributed by atoms with Gasteiger partial charge in [0.2, 0.25) is 0 Å². The number of carbonyl (C=O) groups excluding carboxylic acids is 1. The van der Waals surface area contributed by atoms with Gasteiger partial charge in [0.25, 0.3) is 5.91 Å². The van der Waals surface area contributed by atoms with Gasteiger partial charge in [-0.2, -0.15) is 0 Å². The van der Waals surface area contributed by atoms with Crippen LogP contribution in [0.15, 0.2) is 18.2 Å². The van der Waals surface area contributed by atoms with Crippen LogP contribution in [0.25, 0.3) is 0 Å². The minimum atomic E-state index is -0.128. The second-order valence-corrected chi connectivity index (χ2v) is 5.35. The van der Waals surface area contributed by atoms with Crippen molar-refractivity contribution in [1.82, 2.24) is 5.32 Å². The van der Waals surface area contributed by atoms with Gasteiger partial charge in [0.15, 0.2) is 0 Å². The van der Waals surface area contributed by atoms with E-state index in [-0.39, 0.29) is 11.3 Å². The molecule has 1 N–H and O–H groups in total. The first kappa shape index (κ1) is 14.3. The summed E-state index contributed by atoms with van der Waals surface area (Å²) in [5, 5.41) is 3.36. The number of hydrogen-bond acceptors (Lipinski definition) is 1. The fourth-order valence-electron chi connectivity index (χ4n) is 1.37. The maximum Gasteiger partial charge on any atom is 0.251 e. The zero-order chi connectivity index (χ0) is 13.0.